The molecule has 0 heterocycles. The molecule has 0 aromatic heterocycles. The Hall–Kier alpha value is -2.20. The molecule has 0 aliphatic carbocycles. The van der Waals surface area contributed by atoms with Crippen molar-refractivity contribution in [1.82, 2.24) is 5.32 Å². The number of hydrogen-bond donors (Lipinski definition) is 3. The largest absolute Gasteiger partial charge is 0.396 e. The number of rotatable bonds is 7. The fraction of sp³-hybridized carbons (Fsp3) is 0.235. The highest BCUT2D eigenvalue weighted by Crippen LogP contribution is 2.27. The molecule has 0 bridgehead atoms. The summed E-state index contributed by atoms with van der Waals surface area (Å²) in [6.07, 6.45) is 0.416. The van der Waals surface area contributed by atoms with Gasteiger partial charge in [0.2, 0.25) is 0 Å². The van der Waals surface area contributed by atoms with E-state index < -0.39 is 10.8 Å². The van der Waals surface area contributed by atoms with E-state index in [1.807, 2.05) is 25.1 Å². The van der Waals surface area contributed by atoms with E-state index in [2.05, 4.69) is 33.2 Å². The Morgan fingerprint density at radius 3 is 2.60 bits per heavy atom. The predicted molar refractivity (Wildman–Crippen MR) is 104 cm³/mol. The van der Waals surface area contributed by atoms with Crippen molar-refractivity contribution in [3.63, 3.8) is 0 Å². The number of halogens is 1. The van der Waals surface area contributed by atoms with Gasteiger partial charge in [0.05, 0.1) is 16.2 Å². The molecule has 8 heteroatoms. The van der Waals surface area contributed by atoms with Crippen LogP contribution >= 0.6 is 22.6 Å². The summed E-state index contributed by atoms with van der Waals surface area (Å²) in [6, 6.07) is 9.95. The first kappa shape index (κ1) is 19.1. The van der Waals surface area contributed by atoms with E-state index in [9.17, 15) is 14.9 Å². The zero-order chi connectivity index (χ0) is 18.4. The average Bonchev–Trinajstić information content (AvgIpc) is 2.57. The van der Waals surface area contributed by atoms with Crippen molar-refractivity contribution in [3.8, 4) is 0 Å². The second-order valence-corrected chi connectivity index (χ2v) is 6.65. The van der Waals surface area contributed by atoms with Gasteiger partial charge in [0.1, 0.15) is 0 Å². The van der Waals surface area contributed by atoms with E-state index in [-0.39, 0.29) is 17.9 Å². The van der Waals surface area contributed by atoms with E-state index >= 15 is 0 Å². The summed E-state index contributed by atoms with van der Waals surface area (Å²) in [5.74, 6) is -0.428. The van der Waals surface area contributed by atoms with Crippen molar-refractivity contribution in [2.24, 2.45) is 0 Å². The average molecular weight is 455 g/mol. The molecular formula is C17H18IN3O4. The molecule has 3 N–H and O–H groups in total. The fourth-order valence-corrected chi connectivity index (χ4v) is 2.88. The summed E-state index contributed by atoms with van der Waals surface area (Å²) in [5.41, 5.74) is 2.33. The number of amides is 1. The van der Waals surface area contributed by atoms with Gasteiger partial charge in [-0.25, -0.2) is 0 Å². The van der Waals surface area contributed by atoms with Crippen LogP contribution in [-0.4, -0.2) is 29.1 Å². The zero-order valence-corrected chi connectivity index (χ0v) is 15.7. The number of nitro benzene ring substituents is 1. The molecule has 2 aromatic rings. The van der Waals surface area contributed by atoms with Gasteiger partial charge in [0.25, 0.3) is 11.6 Å². The molecule has 0 saturated heterocycles. The highest BCUT2D eigenvalue weighted by atomic mass is 127. The zero-order valence-electron chi connectivity index (χ0n) is 13.6. The monoisotopic (exact) mass is 455 g/mol. The fourth-order valence-electron chi connectivity index (χ4n) is 2.23. The first-order valence-electron chi connectivity index (χ1n) is 7.63. The van der Waals surface area contributed by atoms with Crippen molar-refractivity contribution in [3.05, 3.63) is 61.2 Å². The number of aliphatic hydroxyl groups is 1. The van der Waals surface area contributed by atoms with Crippen LogP contribution in [0.4, 0.5) is 17.1 Å². The van der Waals surface area contributed by atoms with Crippen LogP contribution in [0, 0.1) is 20.6 Å². The van der Waals surface area contributed by atoms with E-state index in [1.165, 1.54) is 18.2 Å². The van der Waals surface area contributed by atoms with Gasteiger partial charge in [-0.1, -0.05) is 0 Å². The summed E-state index contributed by atoms with van der Waals surface area (Å²) in [7, 11) is 0. The number of hydrogen-bond acceptors (Lipinski definition) is 5. The lowest BCUT2D eigenvalue weighted by Gasteiger charge is -2.14. The van der Waals surface area contributed by atoms with Crippen LogP contribution in [0.5, 0.6) is 0 Å². The molecule has 0 spiro atoms. The number of nitro groups is 1. The lowest BCUT2D eigenvalue weighted by atomic mass is 10.1. The van der Waals surface area contributed by atoms with Gasteiger partial charge in [-0.3, -0.25) is 14.9 Å². The molecule has 1 amide bonds. The molecule has 0 radical (unpaired) electrons. The first-order valence-corrected chi connectivity index (χ1v) is 8.71. The molecule has 2 aromatic carbocycles. The van der Waals surface area contributed by atoms with Crippen LogP contribution in [0.1, 0.15) is 22.3 Å². The van der Waals surface area contributed by atoms with Crippen molar-refractivity contribution in [2.75, 3.05) is 18.5 Å². The third kappa shape index (κ3) is 5.13. The maximum atomic E-state index is 12.4. The summed E-state index contributed by atoms with van der Waals surface area (Å²) in [6.45, 7) is 2.19. The van der Waals surface area contributed by atoms with Crippen LogP contribution in [0.25, 0.3) is 0 Å². The number of benzene rings is 2. The van der Waals surface area contributed by atoms with Crippen LogP contribution in [0.2, 0.25) is 0 Å². The Morgan fingerprint density at radius 2 is 1.96 bits per heavy atom. The Bertz CT molecular complexity index is 795. The first-order chi connectivity index (χ1) is 11.9. The summed E-state index contributed by atoms with van der Waals surface area (Å²) >= 11 is 2.21. The summed E-state index contributed by atoms with van der Waals surface area (Å²) < 4.78 is 1.09. The number of carbonyl (C=O) groups is 1. The predicted octanol–water partition coefficient (Wildman–Crippen LogP) is 3.36. The quantitative estimate of drug-likeness (QED) is 0.257. The van der Waals surface area contributed by atoms with Crippen molar-refractivity contribution in [2.45, 2.75) is 13.3 Å². The minimum Gasteiger partial charge on any atom is -0.396 e. The van der Waals surface area contributed by atoms with Crippen molar-refractivity contribution in [1.29, 1.82) is 0 Å². The summed E-state index contributed by atoms with van der Waals surface area (Å²) in [4.78, 5) is 22.9. The number of carbonyl (C=O) groups excluding carboxylic acids is 1. The molecule has 0 fully saturated rings. The number of nitrogens with zero attached hydrogens (tertiary/aromatic N) is 1. The van der Waals surface area contributed by atoms with Crippen LogP contribution < -0.4 is 10.6 Å². The lowest BCUT2D eigenvalue weighted by Crippen LogP contribution is -2.25. The van der Waals surface area contributed by atoms with E-state index in [1.54, 1.807) is 0 Å². The maximum absolute atomic E-state index is 12.4. The lowest BCUT2D eigenvalue weighted by molar-refractivity contribution is -0.384. The van der Waals surface area contributed by atoms with Crippen LogP contribution in [-0.2, 0) is 0 Å². The molecule has 25 heavy (non-hydrogen) atoms. The standard InChI is InChI=1S/C17H18IN3O4/c1-11-9-12(18)3-5-15(11)20-16-6-4-13(21(24)25)10-14(16)17(23)19-7-2-8-22/h3-6,9-10,20,22H,2,7-8H2,1H3,(H,19,23). The second-order valence-electron chi connectivity index (χ2n) is 5.40. The normalized spacial score (nSPS) is 10.4. The van der Waals surface area contributed by atoms with E-state index in [4.69, 9.17) is 5.11 Å². The Morgan fingerprint density at radius 1 is 1.24 bits per heavy atom. The van der Waals surface area contributed by atoms with Crippen LogP contribution in [0.3, 0.4) is 0 Å². The Labute approximate surface area is 158 Å². The molecule has 0 aliphatic rings. The van der Waals surface area contributed by atoms with Gasteiger partial charge >= 0.3 is 0 Å². The van der Waals surface area contributed by atoms with Gasteiger partial charge in [-0.2, -0.15) is 0 Å². The van der Waals surface area contributed by atoms with Gasteiger partial charge in [-0.05, 0) is 65.8 Å². The molecule has 132 valence electrons. The van der Waals surface area contributed by atoms with Crippen molar-refractivity contribution < 1.29 is 14.8 Å². The summed E-state index contributed by atoms with van der Waals surface area (Å²) in [5, 5.41) is 25.7. The number of nitrogens with one attached hydrogen (secondary N) is 2. The number of anilines is 2. The highest BCUT2D eigenvalue weighted by Gasteiger charge is 2.17. The number of aryl methyl sites for hydroxylation is 1. The molecule has 0 atom stereocenters. The Kier molecular flexibility index (Phi) is 6.71. The topological polar surface area (TPSA) is 105 Å². The van der Waals surface area contributed by atoms with Gasteiger partial charge < -0.3 is 15.7 Å². The minimum absolute atomic E-state index is 0.0395. The number of non-ortho nitro benzene ring substituents is 1. The molecular weight excluding hydrogens is 437 g/mol. The highest BCUT2D eigenvalue weighted by molar-refractivity contribution is 14.1. The third-order valence-electron chi connectivity index (χ3n) is 3.54. The maximum Gasteiger partial charge on any atom is 0.270 e. The third-order valence-corrected chi connectivity index (χ3v) is 4.21. The van der Waals surface area contributed by atoms with Gasteiger partial charge in [0.15, 0.2) is 0 Å². The molecule has 0 aliphatic heterocycles. The number of aliphatic hydroxyl groups excluding tert-OH is 1. The minimum atomic E-state index is -0.537. The van der Waals surface area contributed by atoms with E-state index in [0.29, 0.717) is 18.7 Å². The molecule has 2 rings (SSSR count). The van der Waals surface area contributed by atoms with Crippen LogP contribution in [0.15, 0.2) is 36.4 Å². The van der Waals surface area contributed by atoms with E-state index in [0.717, 1.165) is 14.8 Å². The SMILES string of the molecule is Cc1cc(I)ccc1Nc1ccc([N+](=O)[O-])cc1C(=O)NCCCO. The van der Waals surface area contributed by atoms with Gasteiger partial charge in [-0.15, -0.1) is 0 Å². The smallest absolute Gasteiger partial charge is 0.270 e. The van der Waals surface area contributed by atoms with Crippen molar-refractivity contribution >= 4 is 45.6 Å². The van der Waals surface area contributed by atoms with Gasteiger partial charge in [0, 0.05) is 34.5 Å². The molecule has 0 unspecified atom stereocenters. The Balaban J connectivity index is 2.35. The molecule has 0 saturated carbocycles. The second kappa shape index (κ2) is 8.77. The molecule has 7 nitrogen and oxygen atoms in total.